The summed E-state index contributed by atoms with van der Waals surface area (Å²) in [6, 6.07) is 9.54. The highest BCUT2D eigenvalue weighted by Crippen LogP contribution is 2.24. The molecule has 0 atom stereocenters. The Bertz CT molecular complexity index is 732. The zero-order chi connectivity index (χ0) is 14.8. The molecule has 0 amide bonds. The van der Waals surface area contributed by atoms with E-state index in [0.29, 0.717) is 11.4 Å². The van der Waals surface area contributed by atoms with Gasteiger partial charge in [-0.05, 0) is 30.3 Å². The zero-order valence-corrected chi connectivity index (χ0v) is 11.4. The number of halogens is 1. The lowest BCUT2D eigenvalue weighted by Gasteiger charge is -2.11. The second kappa shape index (κ2) is 5.38. The van der Waals surface area contributed by atoms with Crippen molar-refractivity contribution in [3.05, 3.63) is 48.3 Å². The lowest BCUT2D eigenvalue weighted by Crippen LogP contribution is -2.15. The van der Waals surface area contributed by atoms with Gasteiger partial charge < -0.3 is 10.5 Å². The number of anilines is 2. The first-order chi connectivity index (χ1) is 9.42. The van der Waals surface area contributed by atoms with Gasteiger partial charge in [0.2, 0.25) is 0 Å². The molecule has 5 nitrogen and oxygen atoms in total. The number of methoxy groups -OCH3 is 1. The molecule has 20 heavy (non-hydrogen) atoms. The third kappa shape index (κ3) is 3.00. The van der Waals surface area contributed by atoms with Crippen molar-refractivity contribution in [3.8, 4) is 5.75 Å². The van der Waals surface area contributed by atoms with Gasteiger partial charge in [-0.15, -0.1) is 0 Å². The average Bonchev–Trinajstić information content (AvgIpc) is 2.37. The van der Waals surface area contributed by atoms with E-state index < -0.39 is 15.8 Å². The van der Waals surface area contributed by atoms with E-state index >= 15 is 0 Å². The van der Waals surface area contributed by atoms with Crippen LogP contribution in [-0.2, 0) is 10.0 Å². The first-order valence-corrected chi connectivity index (χ1v) is 7.12. The molecule has 0 fully saturated rings. The van der Waals surface area contributed by atoms with Crippen molar-refractivity contribution in [1.29, 1.82) is 0 Å². The van der Waals surface area contributed by atoms with Gasteiger partial charge in [-0.3, -0.25) is 4.72 Å². The van der Waals surface area contributed by atoms with Gasteiger partial charge in [0.15, 0.2) is 0 Å². The molecule has 0 aliphatic rings. The molecule has 0 saturated carbocycles. The van der Waals surface area contributed by atoms with Crippen LogP contribution in [0, 0.1) is 5.82 Å². The van der Waals surface area contributed by atoms with Crippen molar-refractivity contribution in [2.24, 2.45) is 0 Å². The van der Waals surface area contributed by atoms with Crippen LogP contribution in [0.5, 0.6) is 5.75 Å². The van der Waals surface area contributed by atoms with Gasteiger partial charge in [-0.2, -0.15) is 0 Å². The molecule has 106 valence electrons. The molecule has 3 N–H and O–H groups in total. The molecular weight excluding hydrogens is 283 g/mol. The normalized spacial score (nSPS) is 11.1. The minimum Gasteiger partial charge on any atom is -0.497 e. The third-order valence-electron chi connectivity index (χ3n) is 2.58. The maximum absolute atomic E-state index is 12.9. The number of rotatable bonds is 4. The van der Waals surface area contributed by atoms with Crippen molar-refractivity contribution in [3.63, 3.8) is 0 Å². The quantitative estimate of drug-likeness (QED) is 0.848. The number of hydrogen-bond donors (Lipinski definition) is 2. The Hall–Kier alpha value is -2.28. The summed E-state index contributed by atoms with van der Waals surface area (Å²) in [4.78, 5) is -0.179. The van der Waals surface area contributed by atoms with E-state index in [-0.39, 0.29) is 10.6 Å². The van der Waals surface area contributed by atoms with Gasteiger partial charge in [0.1, 0.15) is 16.5 Å². The molecule has 0 aromatic heterocycles. The van der Waals surface area contributed by atoms with E-state index in [1.807, 2.05) is 0 Å². The third-order valence-corrected chi connectivity index (χ3v) is 4.04. The number of sulfonamides is 1. The number of nitrogen functional groups attached to an aromatic ring is 1. The minimum absolute atomic E-state index is 0.152. The molecule has 2 aromatic rings. The van der Waals surface area contributed by atoms with Gasteiger partial charge >= 0.3 is 0 Å². The summed E-state index contributed by atoms with van der Waals surface area (Å²) < 4.78 is 44.7. The van der Waals surface area contributed by atoms with E-state index in [1.54, 1.807) is 18.2 Å². The van der Waals surface area contributed by atoms with Crippen molar-refractivity contribution in [2.45, 2.75) is 4.90 Å². The zero-order valence-electron chi connectivity index (χ0n) is 10.6. The molecule has 0 saturated heterocycles. The first-order valence-electron chi connectivity index (χ1n) is 5.64. The molecule has 0 radical (unpaired) electrons. The van der Waals surface area contributed by atoms with E-state index in [1.165, 1.54) is 13.2 Å². The van der Waals surface area contributed by atoms with Gasteiger partial charge in [-0.25, -0.2) is 12.8 Å². The SMILES string of the molecule is COc1cccc(NS(=O)(=O)c2ccc(F)cc2N)c1. The predicted molar refractivity (Wildman–Crippen MR) is 74.6 cm³/mol. The van der Waals surface area contributed by atoms with Crippen LogP contribution in [0.15, 0.2) is 47.4 Å². The first kappa shape index (κ1) is 14.1. The summed E-state index contributed by atoms with van der Waals surface area (Å²) in [5, 5.41) is 0. The molecule has 0 spiro atoms. The second-order valence-corrected chi connectivity index (χ2v) is 5.67. The summed E-state index contributed by atoms with van der Waals surface area (Å²) >= 11 is 0. The Morgan fingerprint density at radius 2 is 1.95 bits per heavy atom. The highest BCUT2D eigenvalue weighted by Gasteiger charge is 2.18. The lowest BCUT2D eigenvalue weighted by molar-refractivity contribution is 0.415. The van der Waals surface area contributed by atoms with Crippen LogP contribution in [0.2, 0.25) is 0 Å². The molecule has 2 rings (SSSR count). The van der Waals surface area contributed by atoms with Crippen LogP contribution in [0.1, 0.15) is 0 Å². The Labute approximate surface area is 116 Å². The van der Waals surface area contributed by atoms with Crippen LogP contribution in [-0.4, -0.2) is 15.5 Å². The minimum atomic E-state index is -3.88. The number of ether oxygens (including phenoxy) is 1. The summed E-state index contributed by atoms with van der Waals surface area (Å²) in [6.07, 6.45) is 0. The van der Waals surface area contributed by atoms with Crippen molar-refractivity contribution in [2.75, 3.05) is 17.6 Å². The van der Waals surface area contributed by atoms with Gasteiger partial charge in [0.05, 0.1) is 18.5 Å². The monoisotopic (exact) mass is 296 g/mol. The maximum Gasteiger partial charge on any atom is 0.263 e. The van der Waals surface area contributed by atoms with Crippen molar-refractivity contribution >= 4 is 21.4 Å². The number of benzene rings is 2. The van der Waals surface area contributed by atoms with Crippen LogP contribution in [0.3, 0.4) is 0 Å². The molecule has 0 bridgehead atoms. The van der Waals surface area contributed by atoms with E-state index in [2.05, 4.69) is 4.72 Å². The second-order valence-electron chi connectivity index (χ2n) is 4.02. The summed E-state index contributed by atoms with van der Waals surface area (Å²) in [5.41, 5.74) is 5.71. The van der Waals surface area contributed by atoms with Crippen molar-refractivity contribution < 1.29 is 17.5 Å². The van der Waals surface area contributed by atoms with Crippen LogP contribution < -0.4 is 15.2 Å². The molecule has 2 aromatic carbocycles. The summed E-state index contributed by atoms with van der Waals surface area (Å²) in [6.45, 7) is 0. The average molecular weight is 296 g/mol. The molecule has 0 aliphatic carbocycles. The van der Waals surface area contributed by atoms with Crippen LogP contribution in [0.25, 0.3) is 0 Å². The molecule has 7 heteroatoms. The number of hydrogen-bond acceptors (Lipinski definition) is 4. The predicted octanol–water partition coefficient (Wildman–Crippen LogP) is 2.22. The highest BCUT2D eigenvalue weighted by molar-refractivity contribution is 7.92. The summed E-state index contributed by atoms with van der Waals surface area (Å²) in [7, 11) is -2.41. The van der Waals surface area contributed by atoms with Crippen LogP contribution in [0.4, 0.5) is 15.8 Å². The van der Waals surface area contributed by atoms with Gasteiger partial charge in [0.25, 0.3) is 10.0 Å². The molecule has 0 unspecified atom stereocenters. The van der Waals surface area contributed by atoms with Gasteiger partial charge in [-0.1, -0.05) is 6.07 Å². The van der Waals surface area contributed by atoms with E-state index in [0.717, 1.165) is 18.2 Å². The Morgan fingerprint density at radius 1 is 1.20 bits per heavy atom. The molecule has 0 aliphatic heterocycles. The fraction of sp³-hybridized carbons (Fsp3) is 0.0769. The Morgan fingerprint density at radius 3 is 2.60 bits per heavy atom. The standard InChI is InChI=1S/C13H13FN2O3S/c1-19-11-4-2-3-10(8-11)16-20(17,18)13-6-5-9(14)7-12(13)15/h2-8,16H,15H2,1H3. The number of nitrogens with one attached hydrogen (secondary N) is 1. The smallest absolute Gasteiger partial charge is 0.263 e. The Balaban J connectivity index is 2.35. The number of nitrogens with two attached hydrogens (primary N) is 1. The largest absolute Gasteiger partial charge is 0.497 e. The van der Waals surface area contributed by atoms with Crippen LogP contribution >= 0.6 is 0 Å². The fourth-order valence-corrected chi connectivity index (χ4v) is 2.82. The van der Waals surface area contributed by atoms with Gasteiger partial charge in [0, 0.05) is 6.07 Å². The van der Waals surface area contributed by atoms with E-state index in [4.69, 9.17) is 10.5 Å². The summed E-state index contributed by atoms with van der Waals surface area (Å²) in [5.74, 6) is -0.0832. The molecular formula is C13H13FN2O3S. The Kier molecular flexibility index (Phi) is 3.80. The maximum atomic E-state index is 12.9. The fourth-order valence-electron chi connectivity index (χ4n) is 1.66. The highest BCUT2D eigenvalue weighted by atomic mass is 32.2. The molecule has 0 heterocycles. The lowest BCUT2D eigenvalue weighted by atomic mass is 10.3. The van der Waals surface area contributed by atoms with Crippen molar-refractivity contribution in [1.82, 2.24) is 0 Å². The topological polar surface area (TPSA) is 81.4 Å². The van der Waals surface area contributed by atoms with E-state index in [9.17, 15) is 12.8 Å².